The third-order valence-electron chi connectivity index (χ3n) is 5.99. The smallest absolute Gasteiger partial charge is 0.157 e. The molecule has 2 aliphatic rings. The van der Waals surface area contributed by atoms with Crippen molar-refractivity contribution in [3.05, 3.63) is 60.0 Å². The minimum atomic E-state index is 0.716. The number of nitrogens with zero attached hydrogens (tertiary/aromatic N) is 3. The first-order valence-corrected chi connectivity index (χ1v) is 9.44. The van der Waals surface area contributed by atoms with Crippen molar-refractivity contribution >= 4 is 11.2 Å². The molecule has 0 spiro atoms. The van der Waals surface area contributed by atoms with Crippen LogP contribution in [-0.4, -0.2) is 31.9 Å². The molecule has 5 rings (SSSR count). The minimum Gasteiger partial charge on any atom is -0.326 e. The molecule has 25 heavy (non-hydrogen) atoms. The van der Waals surface area contributed by atoms with E-state index in [4.69, 9.17) is 4.98 Å². The summed E-state index contributed by atoms with van der Waals surface area (Å²) in [4.78, 5) is 15.2. The van der Waals surface area contributed by atoms with Crippen LogP contribution in [0.5, 0.6) is 0 Å². The Kier molecular flexibility index (Phi) is 3.78. The molecule has 0 radical (unpaired) electrons. The van der Waals surface area contributed by atoms with Crippen LogP contribution in [0.15, 0.2) is 48.7 Å². The van der Waals surface area contributed by atoms with Gasteiger partial charge in [-0.15, -0.1) is 0 Å². The van der Waals surface area contributed by atoms with Gasteiger partial charge < -0.3 is 4.98 Å². The largest absolute Gasteiger partial charge is 0.326 e. The van der Waals surface area contributed by atoms with E-state index in [1.165, 1.54) is 37.7 Å². The molecule has 0 aliphatic carbocycles. The fraction of sp³-hybridized carbons (Fsp3) is 0.429. The molecule has 2 saturated heterocycles. The molecule has 4 nitrogen and oxygen atoms in total. The Morgan fingerprint density at radius 2 is 1.80 bits per heavy atom. The molecule has 2 unspecified atom stereocenters. The average Bonchev–Trinajstić information content (AvgIpc) is 3.14. The van der Waals surface area contributed by atoms with Crippen LogP contribution in [0.2, 0.25) is 0 Å². The van der Waals surface area contributed by atoms with Gasteiger partial charge in [0.2, 0.25) is 0 Å². The minimum absolute atomic E-state index is 0.716. The quantitative estimate of drug-likeness (QED) is 0.787. The van der Waals surface area contributed by atoms with Crippen molar-refractivity contribution in [2.75, 3.05) is 0 Å². The lowest BCUT2D eigenvalue weighted by molar-refractivity contribution is 0.0937. The lowest BCUT2D eigenvalue weighted by atomic mass is 9.86. The molecular weight excluding hydrogens is 308 g/mol. The van der Waals surface area contributed by atoms with Crippen LogP contribution in [0, 0.1) is 5.92 Å². The van der Waals surface area contributed by atoms with E-state index in [9.17, 15) is 0 Å². The van der Waals surface area contributed by atoms with Crippen molar-refractivity contribution in [2.45, 2.75) is 50.7 Å². The van der Waals surface area contributed by atoms with Gasteiger partial charge in [0, 0.05) is 18.3 Å². The molecule has 2 atom stereocenters. The summed E-state index contributed by atoms with van der Waals surface area (Å²) in [5.41, 5.74) is 3.37. The second kappa shape index (κ2) is 6.26. The maximum Gasteiger partial charge on any atom is 0.157 e. The third-order valence-corrected chi connectivity index (χ3v) is 5.99. The second-order valence-electron chi connectivity index (χ2n) is 7.64. The predicted octanol–water partition coefficient (Wildman–Crippen LogP) is 3.94. The summed E-state index contributed by atoms with van der Waals surface area (Å²) in [5.74, 6) is 1.89. The summed E-state index contributed by atoms with van der Waals surface area (Å²) in [7, 11) is 0. The summed E-state index contributed by atoms with van der Waals surface area (Å²) in [6, 6.07) is 16.4. The lowest BCUT2D eigenvalue weighted by Gasteiger charge is -2.38. The van der Waals surface area contributed by atoms with Crippen molar-refractivity contribution in [2.24, 2.45) is 5.92 Å². The number of piperidine rings is 1. The SMILES string of the molecule is c1ccc(CC2CC3CCC(C2)N3Cc2nc3cccnc3[nH]2)cc1. The van der Waals surface area contributed by atoms with E-state index in [0.29, 0.717) is 12.1 Å². The zero-order chi connectivity index (χ0) is 16.6. The number of nitrogens with one attached hydrogen (secondary N) is 1. The number of rotatable bonds is 4. The van der Waals surface area contributed by atoms with Gasteiger partial charge in [-0.1, -0.05) is 30.3 Å². The number of imidazole rings is 1. The van der Waals surface area contributed by atoms with Gasteiger partial charge in [-0.2, -0.15) is 0 Å². The van der Waals surface area contributed by atoms with Crippen LogP contribution >= 0.6 is 0 Å². The van der Waals surface area contributed by atoms with Crippen molar-refractivity contribution < 1.29 is 0 Å². The highest BCUT2D eigenvalue weighted by atomic mass is 15.2. The van der Waals surface area contributed by atoms with Crippen LogP contribution in [0.25, 0.3) is 11.2 Å². The third kappa shape index (κ3) is 2.95. The molecule has 2 aromatic heterocycles. The molecule has 1 aromatic carbocycles. The van der Waals surface area contributed by atoms with E-state index in [1.54, 1.807) is 0 Å². The number of pyridine rings is 1. The van der Waals surface area contributed by atoms with Gasteiger partial charge in [-0.25, -0.2) is 9.97 Å². The van der Waals surface area contributed by atoms with Crippen LogP contribution in [0.1, 0.15) is 37.1 Å². The Morgan fingerprint density at radius 3 is 2.56 bits per heavy atom. The molecule has 1 N–H and O–H groups in total. The number of H-pyrrole nitrogens is 1. The number of aromatic nitrogens is 3. The van der Waals surface area contributed by atoms with E-state index in [2.05, 4.69) is 45.2 Å². The summed E-state index contributed by atoms with van der Waals surface area (Å²) >= 11 is 0. The Hall–Kier alpha value is -2.20. The molecule has 0 saturated carbocycles. The maximum absolute atomic E-state index is 4.73. The molecule has 128 valence electrons. The first-order chi connectivity index (χ1) is 12.3. The summed E-state index contributed by atoms with van der Waals surface area (Å²) in [6.07, 6.45) is 8.38. The van der Waals surface area contributed by atoms with Gasteiger partial charge in [0.05, 0.1) is 6.54 Å². The molecule has 0 amide bonds. The Labute approximate surface area is 148 Å². The summed E-state index contributed by atoms with van der Waals surface area (Å²) < 4.78 is 0. The van der Waals surface area contributed by atoms with Crippen LogP contribution in [0.4, 0.5) is 0 Å². The number of hydrogen-bond acceptors (Lipinski definition) is 3. The van der Waals surface area contributed by atoms with E-state index < -0.39 is 0 Å². The van der Waals surface area contributed by atoms with Crippen LogP contribution in [0.3, 0.4) is 0 Å². The lowest BCUT2D eigenvalue weighted by Crippen LogP contribution is -2.42. The Morgan fingerprint density at radius 1 is 1.00 bits per heavy atom. The molecule has 4 heterocycles. The molecular formula is C21H24N4. The highest BCUT2D eigenvalue weighted by Gasteiger charge is 2.40. The molecule has 2 fully saturated rings. The first-order valence-electron chi connectivity index (χ1n) is 9.44. The fourth-order valence-corrected chi connectivity index (χ4v) is 4.90. The molecule has 2 aliphatic heterocycles. The van der Waals surface area contributed by atoms with Crippen molar-refractivity contribution in [3.8, 4) is 0 Å². The van der Waals surface area contributed by atoms with Crippen LogP contribution < -0.4 is 0 Å². The molecule has 4 heteroatoms. The predicted molar refractivity (Wildman–Crippen MR) is 99.1 cm³/mol. The van der Waals surface area contributed by atoms with Crippen LogP contribution in [-0.2, 0) is 13.0 Å². The monoisotopic (exact) mass is 332 g/mol. The number of hydrogen-bond donors (Lipinski definition) is 1. The normalized spacial score (nSPS) is 26.3. The summed E-state index contributed by atoms with van der Waals surface area (Å²) in [6.45, 7) is 0.934. The van der Waals surface area contributed by atoms with Crippen molar-refractivity contribution in [1.82, 2.24) is 19.9 Å². The Balaban J connectivity index is 1.29. The van der Waals surface area contributed by atoms with E-state index in [0.717, 1.165) is 29.5 Å². The zero-order valence-corrected chi connectivity index (χ0v) is 14.4. The van der Waals surface area contributed by atoms with E-state index in [-0.39, 0.29) is 0 Å². The van der Waals surface area contributed by atoms with Gasteiger partial charge >= 0.3 is 0 Å². The molecule has 2 bridgehead atoms. The zero-order valence-electron chi connectivity index (χ0n) is 14.4. The topological polar surface area (TPSA) is 44.8 Å². The van der Waals surface area contributed by atoms with Gasteiger partial charge in [-0.05, 0) is 55.7 Å². The average molecular weight is 332 g/mol. The molecule has 3 aromatic rings. The highest BCUT2D eigenvalue weighted by Crippen LogP contribution is 2.40. The maximum atomic E-state index is 4.73. The fourth-order valence-electron chi connectivity index (χ4n) is 4.90. The standard InChI is InChI=1S/C21H24N4/c1-2-5-15(6-3-1)11-16-12-17-8-9-18(13-16)25(17)14-20-23-19-7-4-10-22-21(19)24-20/h1-7,10,16-18H,8-9,11-14H2,(H,22,23,24). The number of benzene rings is 1. The number of aromatic amines is 1. The van der Waals surface area contributed by atoms with Gasteiger partial charge in [0.25, 0.3) is 0 Å². The van der Waals surface area contributed by atoms with E-state index >= 15 is 0 Å². The Bertz CT molecular complexity index is 809. The van der Waals surface area contributed by atoms with Crippen molar-refractivity contribution in [3.63, 3.8) is 0 Å². The first kappa shape index (κ1) is 15.1. The van der Waals surface area contributed by atoms with Gasteiger partial charge in [0.15, 0.2) is 5.65 Å². The van der Waals surface area contributed by atoms with Gasteiger partial charge in [0.1, 0.15) is 11.3 Å². The summed E-state index contributed by atoms with van der Waals surface area (Å²) in [5, 5.41) is 0. The second-order valence-corrected chi connectivity index (χ2v) is 7.64. The van der Waals surface area contributed by atoms with Gasteiger partial charge in [-0.3, -0.25) is 4.90 Å². The van der Waals surface area contributed by atoms with E-state index in [1.807, 2.05) is 18.3 Å². The van der Waals surface area contributed by atoms with Crippen molar-refractivity contribution in [1.29, 1.82) is 0 Å². The number of fused-ring (bicyclic) bond motifs is 3. The highest BCUT2D eigenvalue weighted by molar-refractivity contribution is 5.69.